The zero-order valence-electron chi connectivity index (χ0n) is 38.6. The van der Waals surface area contributed by atoms with Gasteiger partial charge in [0.15, 0.2) is 0 Å². The van der Waals surface area contributed by atoms with Gasteiger partial charge in [-0.05, 0) is 67.3 Å². The number of likely N-dealkylation sites (N-methyl/N-ethyl adjacent to an activating group) is 2. The topological polar surface area (TPSA) is 156 Å². The maximum absolute atomic E-state index is 14.4. The molecule has 0 aromatic heterocycles. The van der Waals surface area contributed by atoms with E-state index in [1.165, 1.54) is 7.11 Å². The smallest absolute Gasteiger partial charge is 0.337 e. The molecule has 1 fully saturated rings. The predicted octanol–water partition coefficient (Wildman–Crippen LogP) is 5.52. The summed E-state index contributed by atoms with van der Waals surface area (Å²) in [7, 11) is 7.96. The van der Waals surface area contributed by atoms with Crippen molar-refractivity contribution in [2.45, 2.75) is 123 Å². The molecule has 0 saturated carbocycles. The van der Waals surface area contributed by atoms with Crippen molar-refractivity contribution < 1.29 is 38.2 Å². The maximum atomic E-state index is 14.4. The fourth-order valence-electron chi connectivity index (χ4n) is 8.47. The van der Waals surface area contributed by atoms with Crippen LogP contribution in [-0.4, -0.2) is 124 Å². The number of likely N-dealkylation sites (tertiary alicyclic amines) is 1. The average Bonchev–Trinajstić information content (AvgIpc) is 3.74. The van der Waals surface area contributed by atoms with Crippen molar-refractivity contribution in [2.75, 3.05) is 42.0 Å². The van der Waals surface area contributed by atoms with Crippen molar-refractivity contribution in [2.24, 2.45) is 23.7 Å². The molecule has 61 heavy (non-hydrogen) atoms. The number of amides is 4. The highest BCUT2D eigenvalue weighted by Gasteiger charge is 2.43. The third-order valence-electron chi connectivity index (χ3n) is 12.2. The van der Waals surface area contributed by atoms with Crippen LogP contribution in [0.1, 0.15) is 95.6 Å². The maximum Gasteiger partial charge on any atom is 0.337 e. The minimum atomic E-state index is -0.771. The summed E-state index contributed by atoms with van der Waals surface area (Å²) in [5.74, 6) is -2.02. The molecule has 1 heterocycles. The fraction of sp³-hybridized carbons (Fsp3) is 0.604. The monoisotopic (exact) mass is 848 g/mol. The zero-order valence-corrected chi connectivity index (χ0v) is 38.6. The van der Waals surface area contributed by atoms with Gasteiger partial charge in [-0.25, -0.2) is 4.79 Å². The van der Waals surface area contributed by atoms with Crippen LogP contribution in [0.15, 0.2) is 60.7 Å². The van der Waals surface area contributed by atoms with Crippen molar-refractivity contribution in [3.63, 3.8) is 0 Å². The Morgan fingerprint density at radius 3 is 2.03 bits per heavy atom. The Kier molecular flexibility index (Phi) is 20.6. The molecule has 9 atom stereocenters. The molecular formula is C48H73N5O8. The molecule has 1 aliphatic rings. The summed E-state index contributed by atoms with van der Waals surface area (Å²) in [4.78, 5) is 71.4. The summed E-state index contributed by atoms with van der Waals surface area (Å²) in [6.45, 7) is 14.2. The lowest BCUT2D eigenvalue weighted by Gasteiger charge is -2.41. The van der Waals surface area contributed by atoms with Crippen LogP contribution in [-0.2, 0) is 39.8 Å². The third-order valence-corrected chi connectivity index (χ3v) is 12.2. The Labute approximate surface area is 364 Å². The second-order valence-corrected chi connectivity index (χ2v) is 17.1. The molecule has 4 amide bonds. The molecule has 0 aliphatic carbocycles. The van der Waals surface area contributed by atoms with Crippen LogP contribution >= 0.6 is 0 Å². The second-order valence-electron chi connectivity index (χ2n) is 17.1. The third kappa shape index (κ3) is 14.0. The Balaban J connectivity index is 1.81. The van der Waals surface area contributed by atoms with Crippen LogP contribution in [0.5, 0.6) is 0 Å². The van der Waals surface area contributed by atoms with Crippen LogP contribution in [0.2, 0.25) is 0 Å². The Morgan fingerprint density at radius 1 is 0.852 bits per heavy atom. The standard InChI is InChI=1S/C48H73N5O8/c1-13-32(6)43(52(9)47(57)42(31(4)5)51-46(56)41(49-8)30(2)3)39(59-10)29-40(54)53-27-17-20-38(53)44(60-11)33(7)45(55)50-37(28-35-18-15-14-16-19-35)26-23-34-21-24-36(25-22-34)48(58)61-12/h14-16,18-19,21-26,30-33,37-39,41-44,49H,13,17,20,27-29H2,1-12H3,(H,50,55)(H,51,56)/b26-23+/t32-,33+,37+,38-,39+,41-,42-,43-,44+/m0/s1. The SMILES string of the molecule is CC[C@H](C)[C@@H]([C@@H](CC(=O)N1CCC[C@H]1[C@H](OC)[C@@H](C)C(=O)N[C@H](/C=C/c1ccc(C(=O)OC)cc1)Cc1ccccc1)OC)N(C)C(=O)[C@@H](NC(=O)[C@@H](NC)C(C)C)C(C)C. The fourth-order valence-corrected chi connectivity index (χ4v) is 8.47. The molecule has 3 rings (SSSR count). The van der Waals surface area contributed by atoms with Crippen LogP contribution in [0, 0.1) is 23.7 Å². The number of hydrogen-bond donors (Lipinski definition) is 3. The van der Waals surface area contributed by atoms with Gasteiger partial charge in [-0.15, -0.1) is 0 Å². The molecule has 13 heteroatoms. The van der Waals surface area contributed by atoms with E-state index >= 15 is 0 Å². The first-order valence-electron chi connectivity index (χ1n) is 21.8. The highest BCUT2D eigenvalue weighted by Crippen LogP contribution is 2.30. The lowest BCUT2D eigenvalue weighted by molar-refractivity contribution is -0.147. The van der Waals surface area contributed by atoms with E-state index in [4.69, 9.17) is 14.2 Å². The van der Waals surface area contributed by atoms with Crippen LogP contribution in [0.3, 0.4) is 0 Å². The van der Waals surface area contributed by atoms with E-state index in [0.717, 1.165) is 24.0 Å². The van der Waals surface area contributed by atoms with E-state index < -0.39 is 42.2 Å². The van der Waals surface area contributed by atoms with E-state index in [2.05, 4.69) is 16.0 Å². The molecular weight excluding hydrogens is 775 g/mol. The van der Waals surface area contributed by atoms with E-state index in [9.17, 15) is 24.0 Å². The summed E-state index contributed by atoms with van der Waals surface area (Å²) < 4.78 is 16.9. The van der Waals surface area contributed by atoms with Crippen molar-refractivity contribution >= 4 is 35.7 Å². The number of carbonyl (C=O) groups is 5. The minimum Gasteiger partial charge on any atom is -0.465 e. The number of rotatable bonds is 23. The Morgan fingerprint density at radius 2 is 1.49 bits per heavy atom. The van der Waals surface area contributed by atoms with Crippen LogP contribution in [0.4, 0.5) is 0 Å². The molecule has 3 N–H and O–H groups in total. The Hall–Kier alpha value is -4.59. The summed E-state index contributed by atoms with van der Waals surface area (Å²) in [5.41, 5.74) is 2.36. The van der Waals surface area contributed by atoms with Gasteiger partial charge in [0.2, 0.25) is 23.6 Å². The number of methoxy groups -OCH3 is 3. The number of hydrogen-bond acceptors (Lipinski definition) is 9. The number of benzene rings is 2. The normalized spacial score (nSPS) is 18.2. The van der Waals surface area contributed by atoms with Crippen molar-refractivity contribution in [3.8, 4) is 0 Å². The number of ether oxygens (including phenoxy) is 3. The lowest BCUT2D eigenvalue weighted by atomic mass is 9.89. The van der Waals surface area contributed by atoms with E-state index in [1.54, 1.807) is 45.3 Å². The number of nitrogens with zero attached hydrogens (tertiary/aromatic N) is 2. The molecule has 0 radical (unpaired) electrons. The Bertz CT molecular complexity index is 1730. The summed E-state index contributed by atoms with van der Waals surface area (Å²) >= 11 is 0. The molecule has 1 saturated heterocycles. The van der Waals surface area contributed by atoms with Crippen molar-refractivity contribution in [1.82, 2.24) is 25.8 Å². The van der Waals surface area contributed by atoms with Crippen LogP contribution < -0.4 is 16.0 Å². The van der Waals surface area contributed by atoms with Gasteiger partial charge < -0.3 is 40.0 Å². The zero-order chi connectivity index (χ0) is 45.4. The summed E-state index contributed by atoms with van der Waals surface area (Å²) in [6, 6.07) is 14.6. The molecule has 338 valence electrons. The van der Waals surface area contributed by atoms with Gasteiger partial charge in [0, 0.05) is 27.8 Å². The molecule has 0 bridgehead atoms. The van der Waals surface area contributed by atoms with Gasteiger partial charge in [-0.2, -0.15) is 0 Å². The van der Waals surface area contributed by atoms with Crippen LogP contribution in [0.25, 0.3) is 6.08 Å². The first kappa shape index (κ1) is 50.8. The molecule has 0 unspecified atom stereocenters. The number of nitrogens with one attached hydrogen (secondary N) is 3. The van der Waals surface area contributed by atoms with E-state index in [1.807, 2.05) is 108 Å². The van der Waals surface area contributed by atoms with Gasteiger partial charge in [0.25, 0.3) is 0 Å². The van der Waals surface area contributed by atoms with Gasteiger partial charge in [-0.3, -0.25) is 19.2 Å². The van der Waals surface area contributed by atoms with Gasteiger partial charge >= 0.3 is 5.97 Å². The predicted molar refractivity (Wildman–Crippen MR) is 239 cm³/mol. The number of esters is 1. The first-order chi connectivity index (χ1) is 29.0. The van der Waals surface area contributed by atoms with E-state index in [0.29, 0.717) is 24.9 Å². The lowest BCUT2D eigenvalue weighted by Crippen LogP contribution is -2.59. The van der Waals surface area contributed by atoms with Gasteiger partial charge in [-0.1, -0.05) is 110 Å². The van der Waals surface area contributed by atoms with E-state index in [-0.39, 0.29) is 59.9 Å². The molecule has 2 aromatic rings. The molecule has 13 nitrogen and oxygen atoms in total. The van der Waals surface area contributed by atoms with Crippen molar-refractivity contribution in [1.29, 1.82) is 0 Å². The second kappa shape index (κ2) is 24.8. The summed E-state index contributed by atoms with van der Waals surface area (Å²) in [6.07, 6.45) is 5.37. The molecule has 2 aromatic carbocycles. The molecule has 1 aliphatic heterocycles. The quantitative estimate of drug-likeness (QED) is 0.123. The minimum absolute atomic E-state index is 0.0229. The van der Waals surface area contributed by atoms with Gasteiger partial charge in [0.1, 0.15) is 6.04 Å². The van der Waals surface area contributed by atoms with Crippen molar-refractivity contribution in [3.05, 3.63) is 77.4 Å². The highest BCUT2D eigenvalue weighted by atomic mass is 16.5. The first-order valence-corrected chi connectivity index (χ1v) is 21.8. The molecule has 0 spiro atoms. The van der Waals surface area contributed by atoms with Gasteiger partial charge in [0.05, 0.1) is 61.4 Å². The largest absolute Gasteiger partial charge is 0.465 e. The number of carbonyl (C=O) groups excluding carboxylic acids is 5. The summed E-state index contributed by atoms with van der Waals surface area (Å²) in [5, 5.41) is 9.29. The highest BCUT2D eigenvalue weighted by molar-refractivity contribution is 5.90. The average molecular weight is 848 g/mol.